The molecule has 1 aromatic carbocycles. The van der Waals surface area contributed by atoms with Crippen molar-refractivity contribution in [3.63, 3.8) is 0 Å². The number of imide groups is 1. The van der Waals surface area contributed by atoms with E-state index in [4.69, 9.17) is 0 Å². The molecule has 0 spiro atoms. The Bertz CT molecular complexity index is 674. The molecule has 1 N–H and O–H groups in total. The zero-order chi connectivity index (χ0) is 18.9. The molecule has 1 aliphatic heterocycles. The number of amides is 4. The second-order valence-corrected chi connectivity index (χ2v) is 7.30. The fourth-order valence-corrected chi connectivity index (χ4v) is 3.31. The average molecular weight is 345 g/mol. The molecule has 6 nitrogen and oxygen atoms in total. The van der Waals surface area contributed by atoms with E-state index in [-0.39, 0.29) is 24.5 Å². The van der Waals surface area contributed by atoms with E-state index in [1.807, 2.05) is 58.9 Å². The van der Waals surface area contributed by atoms with Gasteiger partial charge in [0.15, 0.2) is 0 Å². The second kappa shape index (κ2) is 6.86. The van der Waals surface area contributed by atoms with E-state index in [0.717, 1.165) is 10.5 Å². The van der Waals surface area contributed by atoms with Gasteiger partial charge in [0.2, 0.25) is 5.91 Å². The minimum Gasteiger partial charge on any atom is -0.336 e. The van der Waals surface area contributed by atoms with Crippen LogP contribution in [0.1, 0.15) is 45.7 Å². The number of nitrogens with zero attached hydrogens (tertiary/aromatic N) is 2. The van der Waals surface area contributed by atoms with Gasteiger partial charge in [-0.1, -0.05) is 29.8 Å². The predicted octanol–water partition coefficient (Wildman–Crippen LogP) is 2.41. The Balaban J connectivity index is 2.24. The lowest BCUT2D eigenvalue weighted by molar-refractivity contribution is -0.141. The van der Waals surface area contributed by atoms with Crippen LogP contribution in [0.3, 0.4) is 0 Å². The third-order valence-electron chi connectivity index (χ3n) is 4.60. The number of aryl methyl sites for hydroxylation is 1. The van der Waals surface area contributed by atoms with Crippen molar-refractivity contribution >= 4 is 17.8 Å². The molecule has 136 valence electrons. The second-order valence-electron chi connectivity index (χ2n) is 7.30. The smallest absolute Gasteiger partial charge is 0.325 e. The van der Waals surface area contributed by atoms with Gasteiger partial charge in [0, 0.05) is 12.1 Å². The third-order valence-corrected chi connectivity index (χ3v) is 4.60. The molecule has 25 heavy (non-hydrogen) atoms. The molecule has 1 fully saturated rings. The van der Waals surface area contributed by atoms with Crippen LogP contribution in [0.25, 0.3) is 0 Å². The normalized spacial score (nSPS) is 20.4. The van der Waals surface area contributed by atoms with Crippen LogP contribution in [-0.4, -0.2) is 46.3 Å². The van der Waals surface area contributed by atoms with Gasteiger partial charge in [0.05, 0.1) is 0 Å². The van der Waals surface area contributed by atoms with Gasteiger partial charge in [-0.15, -0.1) is 0 Å². The number of benzene rings is 1. The molecular formula is C19H27N3O3. The summed E-state index contributed by atoms with van der Waals surface area (Å²) in [6.07, 6.45) is 0. The highest BCUT2D eigenvalue weighted by atomic mass is 16.2. The molecule has 1 atom stereocenters. The molecular weight excluding hydrogens is 318 g/mol. The largest absolute Gasteiger partial charge is 0.336 e. The molecule has 1 aromatic rings. The van der Waals surface area contributed by atoms with Crippen molar-refractivity contribution in [3.8, 4) is 0 Å². The number of nitrogens with one attached hydrogen (secondary N) is 1. The average Bonchev–Trinajstić information content (AvgIpc) is 2.71. The fourth-order valence-electron chi connectivity index (χ4n) is 3.31. The van der Waals surface area contributed by atoms with Gasteiger partial charge in [0.1, 0.15) is 12.1 Å². The van der Waals surface area contributed by atoms with E-state index in [1.54, 1.807) is 11.8 Å². The first-order chi connectivity index (χ1) is 11.6. The molecule has 0 saturated carbocycles. The summed E-state index contributed by atoms with van der Waals surface area (Å²) in [5, 5.41) is 2.74. The number of carbonyl (C=O) groups is 3. The van der Waals surface area contributed by atoms with Crippen molar-refractivity contribution in [2.24, 2.45) is 0 Å². The molecule has 4 amide bonds. The van der Waals surface area contributed by atoms with Crippen LogP contribution in [0.4, 0.5) is 4.79 Å². The summed E-state index contributed by atoms with van der Waals surface area (Å²) in [5.41, 5.74) is 0.627. The first-order valence-corrected chi connectivity index (χ1v) is 8.60. The summed E-state index contributed by atoms with van der Waals surface area (Å²) in [6.45, 7) is 11.0. The van der Waals surface area contributed by atoms with Crippen molar-refractivity contribution in [2.45, 2.75) is 59.2 Å². The molecule has 0 aliphatic carbocycles. The number of rotatable bonds is 5. The molecule has 2 rings (SSSR count). The highest BCUT2D eigenvalue weighted by molar-refractivity contribution is 6.09. The number of carbonyl (C=O) groups excluding carboxylic acids is 3. The Morgan fingerprint density at radius 3 is 2.12 bits per heavy atom. The molecule has 0 bridgehead atoms. The molecule has 1 heterocycles. The van der Waals surface area contributed by atoms with Crippen LogP contribution in [-0.2, 0) is 15.1 Å². The summed E-state index contributed by atoms with van der Waals surface area (Å²) in [5.74, 6) is -0.635. The Morgan fingerprint density at radius 1 is 1.12 bits per heavy atom. The number of urea groups is 1. The molecule has 0 radical (unpaired) electrons. The standard InChI is InChI=1S/C19H27N3O3/c1-12(2)22(13(3)4)16(23)11-21-17(24)19(6,20-18(21)25)15-9-7-14(5)8-10-15/h7-10,12-13H,11H2,1-6H3,(H,20,25)/t19-/m0/s1. The van der Waals surface area contributed by atoms with Crippen LogP contribution in [0, 0.1) is 6.92 Å². The molecule has 1 aliphatic rings. The van der Waals surface area contributed by atoms with Gasteiger partial charge in [0.25, 0.3) is 5.91 Å². The van der Waals surface area contributed by atoms with Gasteiger partial charge >= 0.3 is 6.03 Å². The van der Waals surface area contributed by atoms with Crippen molar-refractivity contribution in [3.05, 3.63) is 35.4 Å². The number of hydrogen-bond donors (Lipinski definition) is 1. The monoisotopic (exact) mass is 345 g/mol. The molecule has 1 saturated heterocycles. The third kappa shape index (κ3) is 3.52. The van der Waals surface area contributed by atoms with Gasteiger partial charge in [-0.25, -0.2) is 4.79 Å². The Kier molecular flexibility index (Phi) is 5.20. The quantitative estimate of drug-likeness (QED) is 0.833. The maximum atomic E-state index is 12.9. The Hall–Kier alpha value is -2.37. The van der Waals surface area contributed by atoms with Gasteiger partial charge in [-0.2, -0.15) is 0 Å². The summed E-state index contributed by atoms with van der Waals surface area (Å²) < 4.78 is 0. The van der Waals surface area contributed by atoms with Crippen LogP contribution >= 0.6 is 0 Å². The fraction of sp³-hybridized carbons (Fsp3) is 0.526. The summed E-state index contributed by atoms with van der Waals surface area (Å²) in [7, 11) is 0. The lowest BCUT2D eigenvalue weighted by atomic mass is 9.91. The maximum Gasteiger partial charge on any atom is 0.325 e. The van der Waals surface area contributed by atoms with Crippen LogP contribution in [0.2, 0.25) is 0 Å². The van der Waals surface area contributed by atoms with E-state index < -0.39 is 17.5 Å². The van der Waals surface area contributed by atoms with Crippen LogP contribution < -0.4 is 5.32 Å². The Labute approximate surface area is 149 Å². The summed E-state index contributed by atoms with van der Waals surface area (Å²) in [4.78, 5) is 40.6. The predicted molar refractivity (Wildman–Crippen MR) is 95.9 cm³/mol. The van der Waals surface area contributed by atoms with Crippen molar-refractivity contribution in [2.75, 3.05) is 6.54 Å². The van der Waals surface area contributed by atoms with Gasteiger partial charge < -0.3 is 10.2 Å². The maximum absolute atomic E-state index is 12.9. The summed E-state index contributed by atoms with van der Waals surface area (Å²) in [6, 6.07) is 6.91. The van der Waals surface area contributed by atoms with Crippen molar-refractivity contribution in [1.29, 1.82) is 0 Å². The first kappa shape index (κ1) is 19.0. The van der Waals surface area contributed by atoms with E-state index in [2.05, 4.69) is 5.32 Å². The zero-order valence-corrected chi connectivity index (χ0v) is 15.8. The van der Waals surface area contributed by atoms with Crippen LogP contribution in [0.5, 0.6) is 0 Å². The lowest BCUT2D eigenvalue weighted by Gasteiger charge is -2.32. The SMILES string of the molecule is Cc1ccc([C@]2(C)NC(=O)N(CC(=O)N(C(C)C)C(C)C)C2=O)cc1. The van der Waals surface area contributed by atoms with Crippen molar-refractivity contribution < 1.29 is 14.4 Å². The van der Waals surface area contributed by atoms with E-state index in [9.17, 15) is 14.4 Å². The minimum atomic E-state index is -1.15. The van der Waals surface area contributed by atoms with E-state index >= 15 is 0 Å². The summed E-state index contributed by atoms with van der Waals surface area (Å²) >= 11 is 0. The van der Waals surface area contributed by atoms with Gasteiger partial charge in [-0.05, 0) is 47.1 Å². The Morgan fingerprint density at radius 2 is 1.64 bits per heavy atom. The van der Waals surface area contributed by atoms with Gasteiger partial charge in [-0.3, -0.25) is 14.5 Å². The highest BCUT2D eigenvalue weighted by Gasteiger charge is 2.49. The molecule has 0 aromatic heterocycles. The zero-order valence-electron chi connectivity index (χ0n) is 15.8. The van der Waals surface area contributed by atoms with E-state index in [0.29, 0.717) is 5.56 Å². The highest BCUT2D eigenvalue weighted by Crippen LogP contribution is 2.29. The van der Waals surface area contributed by atoms with E-state index in [1.165, 1.54) is 0 Å². The number of hydrogen-bond acceptors (Lipinski definition) is 3. The first-order valence-electron chi connectivity index (χ1n) is 8.60. The van der Waals surface area contributed by atoms with Crippen molar-refractivity contribution in [1.82, 2.24) is 15.1 Å². The topological polar surface area (TPSA) is 69.7 Å². The minimum absolute atomic E-state index is 0.00301. The van der Waals surface area contributed by atoms with Crippen LogP contribution in [0.15, 0.2) is 24.3 Å². The molecule has 6 heteroatoms. The lowest BCUT2D eigenvalue weighted by Crippen LogP contribution is -2.49. The molecule has 0 unspecified atom stereocenters.